The molecule has 10 nitrogen and oxygen atoms in total. The molecule has 1 amide bonds. The molecule has 0 radical (unpaired) electrons. The van der Waals surface area contributed by atoms with Crippen LogP contribution in [0.2, 0.25) is 0 Å². The molecule has 2 aromatic carbocycles. The van der Waals surface area contributed by atoms with Gasteiger partial charge in [0, 0.05) is 29.8 Å². The molecule has 2 aliphatic rings. The van der Waals surface area contributed by atoms with Crippen molar-refractivity contribution in [3.05, 3.63) is 65.9 Å². The number of rotatable bonds is 16. The normalized spacial score (nSPS) is 21.1. The molecule has 12 heteroatoms. The van der Waals surface area contributed by atoms with Crippen LogP contribution in [-0.2, 0) is 36.4 Å². The molecule has 3 heterocycles. The molecule has 0 spiro atoms. The fraction of sp³-hybridized carbons (Fsp3) is 0.559. The summed E-state index contributed by atoms with van der Waals surface area (Å²) >= 11 is 1.80. The van der Waals surface area contributed by atoms with Crippen molar-refractivity contribution < 1.29 is 36.9 Å². The van der Waals surface area contributed by atoms with E-state index in [0.29, 0.717) is 12.2 Å². The number of unbranched alkanes of at least 4 members (excludes halogenated alkanes) is 1. The van der Waals surface area contributed by atoms with Crippen LogP contribution in [0.1, 0.15) is 51.2 Å². The fourth-order valence-corrected chi connectivity index (χ4v) is 8.68. The number of hydrogen-bond donors (Lipinski definition) is 2. The number of benzene rings is 2. The summed E-state index contributed by atoms with van der Waals surface area (Å²) in [6.07, 6.45) is 2.23. The number of nitrogens with one attached hydrogen (secondary N) is 1. The molecule has 2 aliphatic heterocycles. The number of ether oxygens (including phenoxy) is 3. The van der Waals surface area contributed by atoms with E-state index in [1.807, 2.05) is 44.2 Å². The standard InChI is InChI=1S/C34H46N2O8S2/c1-4-5-15-45-22-25-20-42-31-12-11-26(17-28(25)31)46(39,40)36(18-23(2)3)19-30(37)29(16-24-9-7-6-8-10-24)35-34(38)44-32-21-43-33-27(32)13-14-41-33/h6-12,17,20,23,27,29-30,32-33,37H,4-5,13-16,18-19,21-22H2,1-3H3,(H,35,38). The highest BCUT2D eigenvalue weighted by Crippen LogP contribution is 2.33. The molecule has 2 N–H and O–H groups in total. The number of furan rings is 1. The summed E-state index contributed by atoms with van der Waals surface area (Å²) in [7, 11) is -4.02. The molecular formula is C34H46N2O8S2. The first-order valence-corrected chi connectivity index (χ1v) is 18.8. The Hall–Kier alpha value is -2.61. The number of nitrogens with zero attached hydrogens (tertiary/aromatic N) is 1. The van der Waals surface area contributed by atoms with Gasteiger partial charge in [-0.15, -0.1) is 0 Å². The summed E-state index contributed by atoms with van der Waals surface area (Å²) in [5, 5.41) is 15.2. The molecule has 5 atom stereocenters. The molecule has 0 aliphatic carbocycles. The minimum atomic E-state index is -4.02. The van der Waals surface area contributed by atoms with E-state index >= 15 is 0 Å². The quantitative estimate of drug-likeness (QED) is 0.188. The van der Waals surface area contributed by atoms with Gasteiger partial charge in [0.05, 0.1) is 42.4 Å². The van der Waals surface area contributed by atoms with Gasteiger partial charge in [-0.1, -0.05) is 57.5 Å². The van der Waals surface area contributed by atoms with Crippen LogP contribution in [0.3, 0.4) is 0 Å². The van der Waals surface area contributed by atoms with Gasteiger partial charge in [0.25, 0.3) is 0 Å². The Morgan fingerprint density at radius 2 is 1.96 bits per heavy atom. The van der Waals surface area contributed by atoms with Crippen LogP contribution in [0.25, 0.3) is 11.0 Å². The number of aliphatic hydroxyl groups excluding tert-OH is 1. The monoisotopic (exact) mass is 674 g/mol. The second kappa shape index (κ2) is 16.0. The van der Waals surface area contributed by atoms with Crippen molar-refractivity contribution in [1.82, 2.24) is 9.62 Å². The van der Waals surface area contributed by atoms with Gasteiger partial charge >= 0.3 is 6.09 Å². The van der Waals surface area contributed by atoms with E-state index < -0.39 is 34.4 Å². The lowest BCUT2D eigenvalue weighted by atomic mass is 10.0. The summed E-state index contributed by atoms with van der Waals surface area (Å²) in [5.74, 6) is 1.71. The zero-order chi connectivity index (χ0) is 32.7. The molecule has 3 aromatic rings. The number of aliphatic hydroxyl groups is 1. The summed E-state index contributed by atoms with van der Waals surface area (Å²) < 4.78 is 52.2. The maximum Gasteiger partial charge on any atom is 0.407 e. The second-order valence-electron chi connectivity index (χ2n) is 12.5. The lowest BCUT2D eigenvalue weighted by Crippen LogP contribution is -2.51. The van der Waals surface area contributed by atoms with Crippen molar-refractivity contribution in [3.63, 3.8) is 0 Å². The second-order valence-corrected chi connectivity index (χ2v) is 15.6. The highest BCUT2D eigenvalue weighted by Gasteiger charge is 2.44. The first-order chi connectivity index (χ1) is 22.2. The molecule has 2 fully saturated rings. The lowest BCUT2D eigenvalue weighted by Gasteiger charge is -2.31. The molecule has 0 saturated carbocycles. The average Bonchev–Trinajstić information content (AvgIpc) is 3.76. The predicted octanol–water partition coefficient (Wildman–Crippen LogP) is 5.57. The third kappa shape index (κ3) is 8.64. The van der Waals surface area contributed by atoms with Crippen molar-refractivity contribution in [2.24, 2.45) is 11.8 Å². The Morgan fingerprint density at radius 3 is 2.72 bits per heavy atom. The highest BCUT2D eigenvalue weighted by molar-refractivity contribution is 7.98. The van der Waals surface area contributed by atoms with Crippen molar-refractivity contribution in [1.29, 1.82) is 0 Å². The highest BCUT2D eigenvalue weighted by atomic mass is 32.2. The van der Waals surface area contributed by atoms with Gasteiger partial charge in [0.15, 0.2) is 6.29 Å². The summed E-state index contributed by atoms with van der Waals surface area (Å²) in [6.45, 7) is 6.79. The fourth-order valence-electron chi connectivity index (χ4n) is 5.95. The maximum atomic E-state index is 14.2. The van der Waals surface area contributed by atoms with E-state index in [4.69, 9.17) is 18.6 Å². The molecule has 5 rings (SSSR count). The average molecular weight is 675 g/mol. The summed E-state index contributed by atoms with van der Waals surface area (Å²) in [6, 6.07) is 13.5. The number of sulfonamides is 1. The van der Waals surface area contributed by atoms with Crippen molar-refractivity contribution in [3.8, 4) is 0 Å². The van der Waals surface area contributed by atoms with Gasteiger partial charge in [-0.3, -0.25) is 0 Å². The topological polar surface area (TPSA) is 128 Å². The zero-order valence-electron chi connectivity index (χ0n) is 26.8. The third-order valence-electron chi connectivity index (χ3n) is 8.43. The number of amides is 1. The lowest BCUT2D eigenvalue weighted by molar-refractivity contribution is -0.0907. The minimum absolute atomic E-state index is 0.0143. The van der Waals surface area contributed by atoms with Crippen LogP contribution in [0.4, 0.5) is 4.79 Å². The van der Waals surface area contributed by atoms with Gasteiger partial charge in [0.1, 0.15) is 11.7 Å². The smallest absolute Gasteiger partial charge is 0.407 e. The van der Waals surface area contributed by atoms with Crippen molar-refractivity contribution in [2.75, 3.05) is 32.1 Å². The first-order valence-electron chi connectivity index (χ1n) is 16.2. The van der Waals surface area contributed by atoms with E-state index in [1.165, 1.54) is 4.31 Å². The number of hydrogen-bond acceptors (Lipinski definition) is 9. The molecule has 1 aromatic heterocycles. The van der Waals surface area contributed by atoms with E-state index in [0.717, 1.165) is 47.3 Å². The van der Waals surface area contributed by atoms with E-state index in [2.05, 4.69) is 12.2 Å². The summed E-state index contributed by atoms with van der Waals surface area (Å²) in [5.41, 5.74) is 2.47. The van der Waals surface area contributed by atoms with Gasteiger partial charge in [0.2, 0.25) is 10.0 Å². The van der Waals surface area contributed by atoms with Crippen LogP contribution >= 0.6 is 11.8 Å². The molecule has 5 unspecified atom stereocenters. The number of thioether (sulfide) groups is 1. The Labute approximate surface area is 276 Å². The minimum Gasteiger partial charge on any atom is -0.464 e. The van der Waals surface area contributed by atoms with E-state index in [1.54, 1.807) is 36.2 Å². The van der Waals surface area contributed by atoms with E-state index in [9.17, 15) is 18.3 Å². The molecule has 2 saturated heterocycles. The van der Waals surface area contributed by atoms with Gasteiger partial charge in [-0.25, -0.2) is 13.2 Å². The maximum absolute atomic E-state index is 14.2. The number of carbonyl (C=O) groups is 1. The third-order valence-corrected chi connectivity index (χ3v) is 11.4. The van der Waals surface area contributed by atoms with Crippen LogP contribution in [0, 0.1) is 11.8 Å². The Kier molecular flexibility index (Phi) is 12.1. The Balaban J connectivity index is 1.34. The first kappa shape index (κ1) is 34.7. The molecule has 0 bridgehead atoms. The van der Waals surface area contributed by atoms with Gasteiger partial charge < -0.3 is 29.1 Å². The van der Waals surface area contributed by atoms with Crippen LogP contribution in [0.5, 0.6) is 0 Å². The van der Waals surface area contributed by atoms with Crippen LogP contribution in [0.15, 0.2) is 64.1 Å². The van der Waals surface area contributed by atoms with Gasteiger partial charge in [-0.05, 0) is 54.7 Å². The van der Waals surface area contributed by atoms with Crippen LogP contribution < -0.4 is 5.32 Å². The van der Waals surface area contributed by atoms with Gasteiger partial charge in [-0.2, -0.15) is 16.1 Å². The zero-order valence-corrected chi connectivity index (χ0v) is 28.4. The van der Waals surface area contributed by atoms with E-state index in [-0.39, 0.29) is 49.1 Å². The Bertz CT molecular complexity index is 1530. The number of alkyl carbamates (subject to hydrolysis) is 1. The SMILES string of the molecule is CCCCSCc1coc2ccc(S(=O)(=O)N(CC(C)C)CC(O)C(Cc3ccccc3)NC(=O)OC3COC4OCCC34)cc12. The van der Waals surface area contributed by atoms with Crippen molar-refractivity contribution >= 4 is 38.8 Å². The Morgan fingerprint density at radius 1 is 1.15 bits per heavy atom. The largest absolute Gasteiger partial charge is 0.464 e. The van der Waals surface area contributed by atoms with Crippen LogP contribution in [-0.4, -0.2) is 80.5 Å². The molecule has 46 heavy (non-hydrogen) atoms. The number of fused-ring (bicyclic) bond motifs is 2. The molecular weight excluding hydrogens is 629 g/mol. The summed E-state index contributed by atoms with van der Waals surface area (Å²) in [4.78, 5) is 13.3. The number of carbonyl (C=O) groups excluding carboxylic acids is 1. The predicted molar refractivity (Wildman–Crippen MR) is 178 cm³/mol. The van der Waals surface area contributed by atoms with Crippen molar-refractivity contribution in [2.45, 2.75) is 81.6 Å². The molecule has 252 valence electrons.